The first kappa shape index (κ1) is 27.2. The average molecular weight is 533 g/mol. The fourth-order valence-corrected chi connectivity index (χ4v) is 6.27. The molecule has 0 atom stereocenters. The van der Waals surface area contributed by atoms with Gasteiger partial charge in [0.2, 0.25) is 5.91 Å². The number of benzene rings is 2. The lowest BCUT2D eigenvalue weighted by atomic mass is 10.0. The molecule has 0 aliphatic carbocycles. The minimum Gasteiger partial charge on any atom is -0.336 e. The normalized spacial score (nSPS) is 11.3. The molecular formula is C30H36N4OS2. The Morgan fingerprint density at radius 2 is 1.16 bits per heavy atom. The van der Waals surface area contributed by atoms with Crippen LogP contribution >= 0.6 is 22.7 Å². The number of carbonyl (C=O) groups excluding carboxylic acids is 1. The monoisotopic (exact) mass is 532 g/mol. The van der Waals surface area contributed by atoms with E-state index in [0.717, 1.165) is 52.9 Å². The predicted molar refractivity (Wildman–Crippen MR) is 157 cm³/mol. The summed E-state index contributed by atoms with van der Waals surface area (Å²) in [5.41, 5.74) is 4.74. The number of amides is 1. The van der Waals surface area contributed by atoms with Gasteiger partial charge in [-0.3, -0.25) is 9.69 Å². The highest BCUT2D eigenvalue weighted by Gasteiger charge is 2.14. The van der Waals surface area contributed by atoms with Crippen molar-refractivity contribution in [2.45, 2.75) is 53.1 Å². The molecule has 0 bridgehead atoms. The Labute approximate surface area is 228 Å². The molecule has 0 spiro atoms. The van der Waals surface area contributed by atoms with Crippen LogP contribution in [0.2, 0.25) is 0 Å². The van der Waals surface area contributed by atoms with Gasteiger partial charge < -0.3 is 4.90 Å². The molecule has 194 valence electrons. The number of hydrogen-bond donors (Lipinski definition) is 0. The zero-order valence-electron chi connectivity index (χ0n) is 22.2. The molecule has 0 N–H and O–H groups in total. The Bertz CT molecular complexity index is 1280. The lowest BCUT2D eigenvalue weighted by Crippen LogP contribution is -2.30. The molecule has 7 heteroatoms. The maximum Gasteiger partial charge on any atom is 0.222 e. The highest BCUT2D eigenvalue weighted by atomic mass is 32.1. The Morgan fingerprint density at radius 1 is 0.703 bits per heavy atom. The fraction of sp³-hybridized carbons (Fsp3) is 0.367. The molecule has 0 radical (unpaired) electrons. The molecule has 0 fully saturated rings. The topological polar surface area (TPSA) is 49.3 Å². The van der Waals surface area contributed by atoms with Crippen LogP contribution in [0.25, 0.3) is 32.0 Å². The van der Waals surface area contributed by atoms with Gasteiger partial charge in [0.25, 0.3) is 0 Å². The third kappa shape index (κ3) is 7.12. The van der Waals surface area contributed by atoms with Gasteiger partial charge >= 0.3 is 0 Å². The van der Waals surface area contributed by atoms with E-state index in [4.69, 9.17) is 0 Å². The van der Waals surface area contributed by atoms with Crippen molar-refractivity contribution in [1.29, 1.82) is 0 Å². The van der Waals surface area contributed by atoms with Gasteiger partial charge in [0.05, 0.1) is 22.8 Å². The summed E-state index contributed by atoms with van der Waals surface area (Å²) in [6, 6.07) is 17.4. The summed E-state index contributed by atoms with van der Waals surface area (Å²) in [6.07, 6.45) is 6.55. The summed E-state index contributed by atoms with van der Waals surface area (Å²) < 4.78 is 0. The molecule has 1 amide bonds. The van der Waals surface area contributed by atoms with E-state index in [1.54, 1.807) is 22.7 Å². The van der Waals surface area contributed by atoms with Gasteiger partial charge in [-0.25, -0.2) is 9.97 Å². The molecule has 0 aliphatic heterocycles. The van der Waals surface area contributed by atoms with E-state index in [1.807, 2.05) is 24.2 Å². The van der Waals surface area contributed by atoms with Crippen LogP contribution in [0.4, 0.5) is 0 Å². The van der Waals surface area contributed by atoms with Gasteiger partial charge in [-0.15, -0.1) is 22.7 Å². The number of hydrogen-bond acceptors (Lipinski definition) is 6. The lowest BCUT2D eigenvalue weighted by molar-refractivity contribution is -0.131. The minimum absolute atomic E-state index is 0.185. The fourth-order valence-electron chi connectivity index (χ4n) is 4.33. The van der Waals surface area contributed by atoms with Crippen molar-refractivity contribution in [2.75, 3.05) is 20.1 Å². The Balaban J connectivity index is 1.41. The van der Waals surface area contributed by atoms with E-state index in [0.29, 0.717) is 13.0 Å². The van der Waals surface area contributed by atoms with E-state index < -0.39 is 0 Å². The molecule has 2 aromatic carbocycles. The second kappa shape index (κ2) is 13.1. The van der Waals surface area contributed by atoms with Gasteiger partial charge in [-0.2, -0.15) is 0 Å². The predicted octanol–water partition coefficient (Wildman–Crippen LogP) is 7.59. The second-order valence-corrected chi connectivity index (χ2v) is 11.5. The summed E-state index contributed by atoms with van der Waals surface area (Å²) in [5, 5.41) is 2.14. The SMILES string of the molecule is CCCN(C)Cc1ncc(-c2ccc(-c3ccc(-c4cnc(CN(CCC)C(=O)CC)s4)cc3)cc2)s1. The zero-order chi connectivity index (χ0) is 26.2. The molecule has 0 unspecified atom stereocenters. The third-order valence-corrected chi connectivity index (χ3v) is 8.33. The zero-order valence-corrected chi connectivity index (χ0v) is 23.9. The van der Waals surface area contributed by atoms with Crippen LogP contribution in [0.1, 0.15) is 50.0 Å². The first-order chi connectivity index (χ1) is 18.0. The quantitative estimate of drug-likeness (QED) is 0.189. The average Bonchev–Trinajstić information content (AvgIpc) is 3.58. The van der Waals surface area contributed by atoms with Crippen molar-refractivity contribution >= 4 is 28.6 Å². The van der Waals surface area contributed by atoms with Crippen LogP contribution < -0.4 is 0 Å². The van der Waals surface area contributed by atoms with E-state index >= 15 is 0 Å². The van der Waals surface area contributed by atoms with Crippen LogP contribution in [-0.4, -0.2) is 45.8 Å². The summed E-state index contributed by atoms with van der Waals surface area (Å²) in [5.74, 6) is 0.185. The van der Waals surface area contributed by atoms with E-state index in [-0.39, 0.29) is 5.91 Å². The number of aromatic nitrogens is 2. The smallest absolute Gasteiger partial charge is 0.222 e. The maximum atomic E-state index is 12.2. The first-order valence-corrected chi connectivity index (χ1v) is 14.7. The van der Waals surface area contributed by atoms with Crippen LogP contribution in [0, 0.1) is 0 Å². The molecule has 2 aromatic heterocycles. The van der Waals surface area contributed by atoms with Crippen molar-refractivity contribution < 1.29 is 4.79 Å². The Kier molecular flexibility index (Phi) is 9.61. The standard InChI is InChI=1S/C30H36N4OS2/c1-5-16-33(4)20-28-31-18-26(36-28)24-12-8-22(9-13-24)23-10-14-25(15-11-23)27-19-32-29(37-27)21-34(17-6-2)30(35)7-3/h8-15,18-19H,5-7,16-17,20-21H2,1-4H3. The van der Waals surface area contributed by atoms with Gasteiger partial charge in [0, 0.05) is 25.4 Å². The maximum absolute atomic E-state index is 12.2. The van der Waals surface area contributed by atoms with Crippen molar-refractivity contribution in [1.82, 2.24) is 19.8 Å². The van der Waals surface area contributed by atoms with Crippen LogP contribution in [0.15, 0.2) is 60.9 Å². The van der Waals surface area contributed by atoms with Gasteiger partial charge in [-0.05, 0) is 48.7 Å². The van der Waals surface area contributed by atoms with Crippen molar-refractivity contribution in [3.05, 3.63) is 70.9 Å². The molecule has 2 heterocycles. The summed E-state index contributed by atoms with van der Waals surface area (Å²) >= 11 is 3.44. The minimum atomic E-state index is 0.185. The van der Waals surface area contributed by atoms with Crippen molar-refractivity contribution in [3.63, 3.8) is 0 Å². The third-order valence-electron chi connectivity index (χ3n) is 6.26. The number of carbonyl (C=O) groups is 1. The van der Waals surface area contributed by atoms with Gasteiger partial charge in [0.1, 0.15) is 10.0 Å². The van der Waals surface area contributed by atoms with E-state index in [9.17, 15) is 4.79 Å². The van der Waals surface area contributed by atoms with E-state index in [2.05, 4.69) is 84.3 Å². The number of rotatable bonds is 12. The van der Waals surface area contributed by atoms with Crippen molar-refractivity contribution in [2.24, 2.45) is 0 Å². The van der Waals surface area contributed by atoms with Gasteiger partial charge in [-0.1, -0.05) is 69.3 Å². The first-order valence-electron chi connectivity index (χ1n) is 13.1. The molecule has 0 aliphatic rings. The molecule has 0 saturated heterocycles. The van der Waals surface area contributed by atoms with E-state index in [1.165, 1.54) is 21.6 Å². The van der Waals surface area contributed by atoms with Crippen LogP contribution in [-0.2, 0) is 17.9 Å². The van der Waals surface area contributed by atoms with Gasteiger partial charge in [0.15, 0.2) is 0 Å². The molecular weight excluding hydrogens is 496 g/mol. The molecule has 4 rings (SSSR count). The lowest BCUT2D eigenvalue weighted by Gasteiger charge is -2.20. The highest BCUT2D eigenvalue weighted by molar-refractivity contribution is 7.15. The Hall–Kier alpha value is -2.87. The summed E-state index contributed by atoms with van der Waals surface area (Å²) in [6.45, 7) is 9.57. The Morgan fingerprint density at radius 3 is 1.62 bits per heavy atom. The van der Waals surface area contributed by atoms with Crippen LogP contribution in [0.5, 0.6) is 0 Å². The molecule has 4 aromatic rings. The highest BCUT2D eigenvalue weighted by Crippen LogP contribution is 2.32. The van der Waals surface area contributed by atoms with Crippen molar-refractivity contribution in [3.8, 4) is 32.0 Å². The molecule has 37 heavy (non-hydrogen) atoms. The van der Waals surface area contributed by atoms with Crippen LogP contribution in [0.3, 0.4) is 0 Å². The second-order valence-electron chi connectivity index (χ2n) is 9.30. The summed E-state index contributed by atoms with van der Waals surface area (Å²) in [4.78, 5) is 28.0. The summed E-state index contributed by atoms with van der Waals surface area (Å²) in [7, 11) is 2.15. The largest absolute Gasteiger partial charge is 0.336 e. The molecule has 5 nitrogen and oxygen atoms in total. The number of nitrogens with zero attached hydrogens (tertiary/aromatic N) is 4. The molecule has 0 saturated carbocycles. The number of thiazole rings is 2.